The highest BCUT2D eigenvalue weighted by atomic mass is 16.6. The molecule has 6 nitrogen and oxygen atoms in total. The molecule has 0 aromatic heterocycles. The van der Waals surface area contributed by atoms with Crippen LogP contribution in [0.2, 0.25) is 0 Å². The minimum atomic E-state index is -1.55. The van der Waals surface area contributed by atoms with Gasteiger partial charge in [-0.05, 0) is 55.1 Å². The topological polar surface area (TPSA) is 95.9 Å². The maximum Gasteiger partial charge on any atom is 0.331 e. The van der Waals surface area contributed by atoms with Crippen LogP contribution in [0.4, 0.5) is 0 Å². The molecule has 3 N–H and O–H groups in total. The first-order valence-electron chi connectivity index (χ1n) is 12.7. The maximum absolute atomic E-state index is 13.7. The highest BCUT2D eigenvalue weighted by molar-refractivity contribution is 5.94. The molecule has 1 saturated heterocycles. The van der Waals surface area contributed by atoms with Gasteiger partial charge in [-0.2, -0.15) is 0 Å². The maximum atomic E-state index is 13.7. The smallest absolute Gasteiger partial charge is 0.331 e. The minimum Gasteiger partial charge on any atom is -0.445 e. The molecule has 1 aromatic rings. The van der Waals surface area contributed by atoms with Crippen LogP contribution in [0.15, 0.2) is 66.8 Å². The van der Waals surface area contributed by atoms with Gasteiger partial charge in [-0.3, -0.25) is 4.79 Å². The zero-order valence-corrected chi connectivity index (χ0v) is 20.6. The lowest BCUT2D eigenvalue weighted by Crippen LogP contribution is -2.61. The van der Waals surface area contributed by atoms with Crippen LogP contribution < -0.4 is 5.32 Å². The van der Waals surface area contributed by atoms with E-state index in [9.17, 15) is 19.8 Å². The second-order valence-electron chi connectivity index (χ2n) is 10.5. The van der Waals surface area contributed by atoms with Gasteiger partial charge < -0.3 is 20.3 Å². The van der Waals surface area contributed by atoms with E-state index in [4.69, 9.17) is 4.74 Å². The fourth-order valence-electron chi connectivity index (χ4n) is 6.05. The molecule has 1 aliphatic carbocycles. The van der Waals surface area contributed by atoms with E-state index in [-0.39, 0.29) is 17.9 Å². The number of benzene rings is 1. The Morgan fingerprint density at radius 2 is 1.83 bits per heavy atom. The lowest BCUT2D eigenvalue weighted by Gasteiger charge is -2.49. The molecule has 3 aliphatic rings. The average molecular weight is 480 g/mol. The number of amides is 1. The van der Waals surface area contributed by atoms with Gasteiger partial charge in [-0.1, -0.05) is 69.0 Å². The van der Waals surface area contributed by atoms with Crippen molar-refractivity contribution in [3.8, 4) is 0 Å². The molecule has 0 radical (unpaired) electrons. The number of aliphatic hydroxyl groups excluding tert-OH is 2. The average Bonchev–Trinajstić information content (AvgIpc) is 3.09. The summed E-state index contributed by atoms with van der Waals surface area (Å²) in [5.74, 6) is -2.08. The van der Waals surface area contributed by atoms with Gasteiger partial charge >= 0.3 is 5.97 Å². The van der Waals surface area contributed by atoms with E-state index in [1.807, 2.05) is 49.4 Å². The van der Waals surface area contributed by atoms with Crippen LogP contribution in [0.25, 0.3) is 0 Å². The zero-order valence-electron chi connectivity index (χ0n) is 20.6. The molecule has 1 spiro atoms. The van der Waals surface area contributed by atoms with Crippen molar-refractivity contribution < 1.29 is 24.5 Å². The van der Waals surface area contributed by atoms with Gasteiger partial charge in [0.1, 0.15) is 0 Å². The number of esters is 1. The lowest BCUT2D eigenvalue weighted by molar-refractivity contribution is -0.182. The number of rotatable bonds is 2. The van der Waals surface area contributed by atoms with Crippen molar-refractivity contribution in [1.29, 1.82) is 0 Å². The molecule has 8 atom stereocenters. The van der Waals surface area contributed by atoms with E-state index in [0.29, 0.717) is 30.8 Å². The number of nitrogens with one attached hydrogen (secondary N) is 1. The Morgan fingerprint density at radius 3 is 2.57 bits per heavy atom. The summed E-state index contributed by atoms with van der Waals surface area (Å²) in [5.41, 5.74) is 0.170. The van der Waals surface area contributed by atoms with E-state index >= 15 is 0 Å². The highest BCUT2D eigenvalue weighted by Crippen LogP contribution is 2.52. The molecule has 4 rings (SSSR count). The second-order valence-corrected chi connectivity index (χ2v) is 10.5. The summed E-state index contributed by atoms with van der Waals surface area (Å²) in [6.07, 6.45) is 8.32. The van der Waals surface area contributed by atoms with E-state index in [2.05, 4.69) is 18.8 Å². The number of ether oxygens (including phenoxy) is 1. The summed E-state index contributed by atoms with van der Waals surface area (Å²) in [7, 11) is 0. The Kier molecular flexibility index (Phi) is 7.62. The van der Waals surface area contributed by atoms with E-state index in [0.717, 1.165) is 18.4 Å². The summed E-state index contributed by atoms with van der Waals surface area (Å²) < 4.78 is 6.07. The highest BCUT2D eigenvalue weighted by Gasteiger charge is 2.67. The Labute approximate surface area is 207 Å². The molecule has 1 aromatic carbocycles. The standard InChI is InChI=1S/C29H37NO5/c1-18-9-7-13-23-27(33)20(3)19(2)26-24(17-21-10-5-4-6-11-21)30-28(34)29(23,26)35-25(32)14-8-12-22(31)16-15-18/h4-8,10-11,13-14,18-19,22-24,26-27,31,33H,3,9,12,15-17H2,1-2H3,(H,30,34)/b13-7-,14-8-/t18-,19+,22+,23-,24-,26-,27+,29+/m0/s1. The van der Waals surface area contributed by atoms with Crippen LogP contribution in [0.1, 0.15) is 45.1 Å². The zero-order chi connectivity index (χ0) is 25.2. The van der Waals surface area contributed by atoms with Crippen LogP contribution in [0, 0.1) is 23.7 Å². The quantitative estimate of drug-likeness (QED) is 0.446. The Balaban J connectivity index is 1.77. The van der Waals surface area contributed by atoms with Crippen LogP contribution in [0.3, 0.4) is 0 Å². The minimum absolute atomic E-state index is 0.251. The van der Waals surface area contributed by atoms with Crippen molar-refractivity contribution >= 4 is 11.9 Å². The first kappa shape index (κ1) is 25.4. The number of carbonyl (C=O) groups excluding carboxylic acids is 2. The molecule has 2 fully saturated rings. The number of hydrogen-bond donors (Lipinski definition) is 3. The van der Waals surface area contributed by atoms with Crippen molar-refractivity contribution in [3.05, 3.63) is 72.4 Å². The van der Waals surface area contributed by atoms with Gasteiger partial charge in [0, 0.05) is 18.0 Å². The monoisotopic (exact) mass is 479 g/mol. The number of aliphatic hydroxyl groups is 2. The van der Waals surface area contributed by atoms with Crippen LogP contribution in [-0.2, 0) is 20.7 Å². The number of hydrogen-bond acceptors (Lipinski definition) is 5. The molecule has 2 aliphatic heterocycles. The van der Waals surface area contributed by atoms with Gasteiger partial charge in [0.25, 0.3) is 5.91 Å². The van der Waals surface area contributed by atoms with Crippen molar-refractivity contribution in [1.82, 2.24) is 5.32 Å². The van der Waals surface area contributed by atoms with Crippen molar-refractivity contribution in [2.24, 2.45) is 23.7 Å². The number of carbonyl (C=O) groups is 2. The third-order valence-electron chi connectivity index (χ3n) is 8.04. The van der Waals surface area contributed by atoms with Gasteiger partial charge in [0.2, 0.25) is 5.60 Å². The summed E-state index contributed by atoms with van der Waals surface area (Å²) in [5, 5.41) is 24.7. The lowest BCUT2D eigenvalue weighted by atomic mass is 9.59. The largest absolute Gasteiger partial charge is 0.445 e. The first-order chi connectivity index (χ1) is 16.7. The molecule has 0 bridgehead atoms. The third-order valence-corrected chi connectivity index (χ3v) is 8.04. The molecule has 0 unspecified atom stereocenters. The van der Waals surface area contributed by atoms with Crippen molar-refractivity contribution in [2.45, 2.75) is 69.8 Å². The molecule has 1 amide bonds. The number of allylic oxidation sites excluding steroid dienone is 1. The van der Waals surface area contributed by atoms with Crippen LogP contribution >= 0.6 is 0 Å². The van der Waals surface area contributed by atoms with Gasteiger partial charge in [0.15, 0.2) is 0 Å². The van der Waals surface area contributed by atoms with Crippen LogP contribution in [0.5, 0.6) is 0 Å². The Bertz CT molecular complexity index is 1000. The van der Waals surface area contributed by atoms with E-state index in [1.54, 1.807) is 6.08 Å². The molecular weight excluding hydrogens is 442 g/mol. The van der Waals surface area contributed by atoms with Crippen molar-refractivity contribution in [3.63, 3.8) is 0 Å². The van der Waals surface area contributed by atoms with E-state index < -0.39 is 35.6 Å². The molecule has 188 valence electrons. The van der Waals surface area contributed by atoms with Gasteiger partial charge in [-0.15, -0.1) is 0 Å². The molecule has 6 heteroatoms. The molecule has 1 saturated carbocycles. The van der Waals surface area contributed by atoms with Gasteiger partial charge in [-0.25, -0.2) is 4.79 Å². The molecule has 35 heavy (non-hydrogen) atoms. The normalized spacial score (nSPS) is 40.0. The first-order valence-corrected chi connectivity index (χ1v) is 12.7. The fourth-order valence-corrected chi connectivity index (χ4v) is 6.05. The Morgan fingerprint density at radius 1 is 1.09 bits per heavy atom. The van der Waals surface area contributed by atoms with Crippen LogP contribution in [-0.4, -0.2) is 45.9 Å². The molecule has 2 heterocycles. The SMILES string of the molecule is C=C1[C@@H](C)[C@H]2[C@H](Cc3ccccc3)NC(=O)[C@]23OC(=O)/C=C\C[C@@H](O)CC[C@@H](C)C/C=C\[C@H]3[C@@H]1O. The van der Waals surface area contributed by atoms with Crippen molar-refractivity contribution in [2.75, 3.05) is 0 Å². The summed E-state index contributed by atoms with van der Waals surface area (Å²) >= 11 is 0. The van der Waals surface area contributed by atoms with E-state index in [1.165, 1.54) is 6.08 Å². The second kappa shape index (κ2) is 10.5. The predicted octanol–water partition coefficient (Wildman–Crippen LogP) is 3.49. The van der Waals surface area contributed by atoms with Gasteiger partial charge in [0.05, 0.1) is 18.1 Å². The summed E-state index contributed by atoms with van der Waals surface area (Å²) in [4.78, 5) is 26.7. The summed E-state index contributed by atoms with van der Waals surface area (Å²) in [6, 6.07) is 9.62. The Hall–Kier alpha value is -2.70. The molecular formula is C29H37NO5. The predicted molar refractivity (Wildman–Crippen MR) is 134 cm³/mol. The fraction of sp³-hybridized carbons (Fsp3) is 0.517. The third kappa shape index (κ3) is 5.00. The summed E-state index contributed by atoms with van der Waals surface area (Å²) in [6.45, 7) is 8.25.